The molecule has 0 saturated heterocycles. The lowest BCUT2D eigenvalue weighted by Crippen LogP contribution is -2.04. The molecule has 0 N–H and O–H groups in total. The summed E-state index contributed by atoms with van der Waals surface area (Å²) in [5.41, 5.74) is 0. The first-order chi connectivity index (χ1) is 9.00. The fourth-order valence-corrected chi connectivity index (χ4v) is 3.87. The van der Waals surface area contributed by atoms with E-state index in [0.29, 0.717) is 23.0 Å². The van der Waals surface area contributed by atoms with E-state index in [0.717, 1.165) is 19.3 Å². The minimum atomic E-state index is -3.17. The molecule has 0 aliphatic heterocycles. The van der Waals surface area contributed by atoms with Crippen LogP contribution >= 0.6 is 23.5 Å². The van der Waals surface area contributed by atoms with Crippen molar-refractivity contribution in [2.45, 2.75) is 33.1 Å². The standard InChI is InChI=1S/C13H19BrFO3P/c1-3-5-9-19(16,17-8-4-2)18-13-7-6-11(15)10-12(13)14/h6-7,10H,3-5,8-9H2,1-2H3. The minimum absolute atomic E-state index is 0.344. The smallest absolute Gasteiger partial charge is 0.379 e. The van der Waals surface area contributed by atoms with Gasteiger partial charge in [0.1, 0.15) is 11.6 Å². The number of hydrogen-bond donors (Lipinski definition) is 0. The van der Waals surface area contributed by atoms with Crippen LogP contribution in [0.4, 0.5) is 4.39 Å². The van der Waals surface area contributed by atoms with Gasteiger partial charge in [-0.2, -0.15) is 0 Å². The van der Waals surface area contributed by atoms with Crippen LogP contribution in [0, 0.1) is 5.82 Å². The van der Waals surface area contributed by atoms with Crippen molar-refractivity contribution in [1.29, 1.82) is 0 Å². The highest BCUT2D eigenvalue weighted by molar-refractivity contribution is 9.10. The van der Waals surface area contributed by atoms with E-state index < -0.39 is 7.60 Å². The lowest BCUT2D eigenvalue weighted by atomic mass is 10.3. The van der Waals surface area contributed by atoms with Gasteiger partial charge in [-0.05, 0) is 47.0 Å². The van der Waals surface area contributed by atoms with E-state index in [4.69, 9.17) is 9.05 Å². The zero-order valence-corrected chi connectivity index (χ0v) is 13.7. The fraction of sp³-hybridized carbons (Fsp3) is 0.538. The Bertz CT molecular complexity index is 442. The first kappa shape index (κ1) is 16.7. The lowest BCUT2D eigenvalue weighted by Gasteiger charge is -2.19. The Balaban J connectivity index is 2.83. The molecule has 1 unspecified atom stereocenters. The second-order valence-electron chi connectivity index (χ2n) is 4.19. The van der Waals surface area contributed by atoms with E-state index in [9.17, 15) is 8.96 Å². The second kappa shape index (κ2) is 8.03. The summed E-state index contributed by atoms with van der Waals surface area (Å²) in [6, 6.07) is 4.00. The van der Waals surface area contributed by atoms with Crippen molar-refractivity contribution in [3.05, 3.63) is 28.5 Å². The normalized spacial score (nSPS) is 14.1. The molecule has 6 heteroatoms. The number of hydrogen-bond acceptors (Lipinski definition) is 3. The maximum absolute atomic E-state index is 13.0. The third kappa shape index (κ3) is 5.64. The maximum Gasteiger partial charge on any atom is 0.379 e. The Morgan fingerprint density at radius 1 is 1.32 bits per heavy atom. The van der Waals surface area contributed by atoms with Crippen molar-refractivity contribution in [3.8, 4) is 5.75 Å². The quantitative estimate of drug-likeness (QED) is 0.588. The summed E-state index contributed by atoms with van der Waals surface area (Å²) < 4.78 is 36.9. The summed E-state index contributed by atoms with van der Waals surface area (Å²) in [5.74, 6) is -0.0333. The fourth-order valence-electron chi connectivity index (χ4n) is 1.42. The molecular formula is C13H19BrFO3P. The van der Waals surface area contributed by atoms with Crippen LogP contribution in [-0.4, -0.2) is 12.8 Å². The second-order valence-corrected chi connectivity index (χ2v) is 7.15. The van der Waals surface area contributed by atoms with Crippen molar-refractivity contribution >= 4 is 23.5 Å². The highest BCUT2D eigenvalue weighted by Gasteiger charge is 2.26. The topological polar surface area (TPSA) is 35.5 Å². The van der Waals surface area contributed by atoms with Crippen LogP contribution in [0.1, 0.15) is 33.1 Å². The van der Waals surface area contributed by atoms with Gasteiger partial charge in [0.15, 0.2) is 0 Å². The van der Waals surface area contributed by atoms with E-state index in [1.165, 1.54) is 18.2 Å². The first-order valence-corrected chi connectivity index (χ1v) is 8.91. The Kier molecular flexibility index (Phi) is 7.05. The molecule has 19 heavy (non-hydrogen) atoms. The SMILES string of the molecule is CCCCP(=O)(OCCC)Oc1ccc(F)cc1Br. The molecule has 1 rings (SSSR count). The molecule has 0 aromatic heterocycles. The first-order valence-electron chi connectivity index (χ1n) is 6.39. The molecule has 0 amide bonds. The maximum atomic E-state index is 13.0. The highest BCUT2D eigenvalue weighted by atomic mass is 79.9. The van der Waals surface area contributed by atoms with Gasteiger partial charge >= 0.3 is 7.60 Å². The molecule has 108 valence electrons. The molecule has 1 aromatic rings. The van der Waals surface area contributed by atoms with Crippen molar-refractivity contribution in [1.82, 2.24) is 0 Å². The number of halogens is 2. The molecule has 0 spiro atoms. The van der Waals surface area contributed by atoms with Gasteiger partial charge in [0.05, 0.1) is 17.2 Å². The van der Waals surface area contributed by atoms with Gasteiger partial charge < -0.3 is 4.52 Å². The number of rotatable bonds is 8. The van der Waals surface area contributed by atoms with E-state index in [-0.39, 0.29) is 5.82 Å². The number of unbranched alkanes of at least 4 members (excludes halogenated alkanes) is 1. The van der Waals surface area contributed by atoms with Gasteiger partial charge in [0.2, 0.25) is 0 Å². The predicted molar refractivity (Wildman–Crippen MR) is 78.4 cm³/mol. The van der Waals surface area contributed by atoms with Crippen molar-refractivity contribution < 1.29 is 18.0 Å². The zero-order chi connectivity index (χ0) is 14.3. The Labute approximate surface area is 122 Å². The molecule has 0 heterocycles. The van der Waals surface area contributed by atoms with Crippen LogP contribution in [0.2, 0.25) is 0 Å². The molecule has 0 fully saturated rings. The number of benzene rings is 1. The molecule has 0 aliphatic carbocycles. The minimum Gasteiger partial charge on any atom is -0.423 e. The summed E-state index contributed by atoms with van der Waals surface area (Å²) >= 11 is 3.19. The van der Waals surface area contributed by atoms with Gasteiger partial charge in [0.25, 0.3) is 0 Å². The van der Waals surface area contributed by atoms with Gasteiger partial charge in [-0.25, -0.2) is 8.96 Å². The average molecular weight is 353 g/mol. The van der Waals surface area contributed by atoms with E-state index >= 15 is 0 Å². The molecule has 0 bridgehead atoms. The van der Waals surface area contributed by atoms with Crippen LogP contribution in [0.15, 0.2) is 22.7 Å². The van der Waals surface area contributed by atoms with E-state index in [2.05, 4.69) is 15.9 Å². The van der Waals surface area contributed by atoms with Gasteiger partial charge in [-0.15, -0.1) is 0 Å². The van der Waals surface area contributed by atoms with Gasteiger partial charge in [-0.1, -0.05) is 20.3 Å². The van der Waals surface area contributed by atoms with E-state index in [1.807, 2.05) is 13.8 Å². The summed E-state index contributed by atoms with van der Waals surface area (Å²) in [7, 11) is -3.17. The van der Waals surface area contributed by atoms with Gasteiger partial charge in [0, 0.05) is 0 Å². The van der Waals surface area contributed by atoms with E-state index in [1.54, 1.807) is 0 Å². The van der Waals surface area contributed by atoms with Gasteiger partial charge in [-0.3, -0.25) is 4.52 Å². The van der Waals surface area contributed by atoms with Crippen LogP contribution in [-0.2, 0) is 9.09 Å². The van der Waals surface area contributed by atoms with Crippen LogP contribution < -0.4 is 4.52 Å². The largest absolute Gasteiger partial charge is 0.423 e. The predicted octanol–water partition coefficient (Wildman–Crippen LogP) is 5.39. The van der Waals surface area contributed by atoms with Crippen LogP contribution in [0.3, 0.4) is 0 Å². The third-order valence-corrected chi connectivity index (χ3v) is 4.94. The van der Waals surface area contributed by atoms with Crippen molar-refractivity contribution in [2.75, 3.05) is 12.8 Å². The molecule has 3 nitrogen and oxygen atoms in total. The summed E-state index contributed by atoms with van der Waals surface area (Å²) in [4.78, 5) is 0. The summed E-state index contributed by atoms with van der Waals surface area (Å²) in [5, 5.41) is 0. The molecule has 0 saturated carbocycles. The highest BCUT2D eigenvalue weighted by Crippen LogP contribution is 2.50. The third-order valence-electron chi connectivity index (χ3n) is 2.41. The molecule has 1 aromatic carbocycles. The Morgan fingerprint density at radius 3 is 2.63 bits per heavy atom. The van der Waals surface area contributed by atoms with Crippen LogP contribution in [0.25, 0.3) is 0 Å². The average Bonchev–Trinajstić information content (AvgIpc) is 2.38. The molecule has 1 atom stereocenters. The molecule has 0 radical (unpaired) electrons. The summed E-state index contributed by atoms with van der Waals surface area (Å²) in [6.07, 6.45) is 2.81. The zero-order valence-electron chi connectivity index (χ0n) is 11.2. The Morgan fingerprint density at radius 2 is 2.05 bits per heavy atom. The Hall–Kier alpha value is -0.380. The van der Waals surface area contributed by atoms with Crippen LogP contribution in [0.5, 0.6) is 5.75 Å². The van der Waals surface area contributed by atoms with Crippen molar-refractivity contribution in [3.63, 3.8) is 0 Å². The molecule has 0 aliphatic rings. The van der Waals surface area contributed by atoms with Crippen molar-refractivity contribution in [2.24, 2.45) is 0 Å². The summed E-state index contributed by atoms with van der Waals surface area (Å²) in [6.45, 7) is 4.34. The lowest BCUT2D eigenvalue weighted by molar-refractivity contribution is 0.264. The monoisotopic (exact) mass is 352 g/mol. The molecular weight excluding hydrogens is 334 g/mol.